The van der Waals surface area contributed by atoms with E-state index in [-0.39, 0.29) is 11.4 Å². The molecule has 0 heterocycles. The van der Waals surface area contributed by atoms with Gasteiger partial charge in [-0.2, -0.15) is 4.99 Å². The molecule has 84 valence electrons. The SMILES string of the molecule is Cc1c(C)c(C)c([N+](=O)[O-])c(N=C=O)c1C. The maximum Gasteiger partial charge on any atom is 0.299 e. The van der Waals surface area contributed by atoms with Gasteiger partial charge in [0.2, 0.25) is 6.08 Å². The van der Waals surface area contributed by atoms with Crippen molar-refractivity contribution in [1.29, 1.82) is 0 Å². The molecule has 0 radical (unpaired) electrons. The Morgan fingerprint density at radius 1 is 1.06 bits per heavy atom. The lowest BCUT2D eigenvalue weighted by Crippen LogP contribution is -1.99. The molecule has 1 aromatic rings. The van der Waals surface area contributed by atoms with Crippen molar-refractivity contribution < 1.29 is 9.72 Å². The quantitative estimate of drug-likeness (QED) is 0.333. The average molecular weight is 220 g/mol. The number of hydrogen-bond donors (Lipinski definition) is 0. The minimum Gasteiger partial charge on any atom is -0.258 e. The van der Waals surface area contributed by atoms with Gasteiger partial charge >= 0.3 is 0 Å². The van der Waals surface area contributed by atoms with Gasteiger partial charge in [0.1, 0.15) is 0 Å². The molecule has 0 bridgehead atoms. The summed E-state index contributed by atoms with van der Waals surface area (Å²) in [6.45, 7) is 7.04. The summed E-state index contributed by atoms with van der Waals surface area (Å²) in [7, 11) is 0. The second-order valence-corrected chi connectivity index (χ2v) is 3.66. The lowest BCUT2D eigenvalue weighted by Gasteiger charge is -2.11. The summed E-state index contributed by atoms with van der Waals surface area (Å²) in [5.74, 6) is 0. The van der Waals surface area contributed by atoms with Crippen molar-refractivity contribution in [2.45, 2.75) is 27.7 Å². The Hall–Kier alpha value is -2.00. The third kappa shape index (κ3) is 1.73. The Bertz CT molecular complexity index is 482. The van der Waals surface area contributed by atoms with Crippen molar-refractivity contribution in [3.05, 3.63) is 32.4 Å². The van der Waals surface area contributed by atoms with E-state index in [9.17, 15) is 14.9 Å². The predicted octanol–water partition coefficient (Wildman–Crippen LogP) is 2.80. The zero-order valence-corrected chi connectivity index (χ0v) is 9.62. The third-order valence-corrected chi connectivity index (χ3v) is 2.96. The highest BCUT2D eigenvalue weighted by molar-refractivity contribution is 5.72. The van der Waals surface area contributed by atoms with Gasteiger partial charge < -0.3 is 0 Å². The Morgan fingerprint density at radius 2 is 1.56 bits per heavy atom. The molecule has 0 saturated heterocycles. The van der Waals surface area contributed by atoms with E-state index in [1.54, 1.807) is 13.8 Å². The number of rotatable bonds is 2. The highest BCUT2D eigenvalue weighted by Crippen LogP contribution is 2.38. The van der Waals surface area contributed by atoms with E-state index in [0.717, 1.165) is 11.1 Å². The first-order chi connectivity index (χ1) is 7.41. The number of hydrogen-bond acceptors (Lipinski definition) is 4. The molecule has 0 aliphatic heterocycles. The van der Waals surface area contributed by atoms with Crippen molar-refractivity contribution >= 4 is 17.5 Å². The molecule has 1 rings (SSSR count). The zero-order chi connectivity index (χ0) is 12.5. The van der Waals surface area contributed by atoms with Crippen LogP contribution in [0.1, 0.15) is 22.3 Å². The van der Waals surface area contributed by atoms with Crippen LogP contribution in [0.5, 0.6) is 0 Å². The van der Waals surface area contributed by atoms with E-state index < -0.39 is 4.92 Å². The normalized spacial score (nSPS) is 9.75. The molecule has 0 atom stereocenters. The van der Waals surface area contributed by atoms with Crippen molar-refractivity contribution in [1.82, 2.24) is 0 Å². The second kappa shape index (κ2) is 4.24. The fraction of sp³-hybridized carbons (Fsp3) is 0.364. The summed E-state index contributed by atoms with van der Waals surface area (Å²) in [6.07, 6.45) is 1.36. The van der Waals surface area contributed by atoms with Gasteiger partial charge in [-0.25, -0.2) is 4.79 Å². The first-order valence-electron chi connectivity index (χ1n) is 4.74. The Labute approximate surface area is 93.0 Å². The minimum atomic E-state index is -0.509. The molecule has 0 fully saturated rings. The molecular weight excluding hydrogens is 208 g/mol. The van der Waals surface area contributed by atoms with Gasteiger partial charge in [-0.15, -0.1) is 0 Å². The first-order valence-corrected chi connectivity index (χ1v) is 4.74. The topological polar surface area (TPSA) is 72.6 Å². The largest absolute Gasteiger partial charge is 0.299 e. The molecule has 1 aromatic carbocycles. The van der Waals surface area contributed by atoms with Crippen LogP contribution in [0, 0.1) is 37.8 Å². The number of nitrogens with zero attached hydrogens (tertiary/aromatic N) is 2. The molecule has 0 spiro atoms. The van der Waals surface area contributed by atoms with Gasteiger partial charge in [0, 0.05) is 5.56 Å². The van der Waals surface area contributed by atoms with Gasteiger partial charge in [-0.3, -0.25) is 10.1 Å². The highest BCUT2D eigenvalue weighted by Gasteiger charge is 2.23. The van der Waals surface area contributed by atoms with Crippen molar-refractivity contribution in [3.8, 4) is 0 Å². The summed E-state index contributed by atoms with van der Waals surface area (Å²) in [5.41, 5.74) is 2.97. The number of nitro benzene ring substituents is 1. The molecular formula is C11H12N2O3. The second-order valence-electron chi connectivity index (χ2n) is 3.66. The summed E-state index contributed by atoms with van der Waals surface area (Å²) in [6, 6.07) is 0. The van der Waals surface area contributed by atoms with Gasteiger partial charge in [0.15, 0.2) is 5.69 Å². The molecule has 0 amide bonds. The van der Waals surface area contributed by atoms with Crippen LogP contribution in [-0.2, 0) is 4.79 Å². The van der Waals surface area contributed by atoms with Crippen LogP contribution in [-0.4, -0.2) is 11.0 Å². The Balaban J connectivity index is 3.82. The number of isocyanates is 1. The van der Waals surface area contributed by atoms with Gasteiger partial charge in [0.25, 0.3) is 5.69 Å². The van der Waals surface area contributed by atoms with Gasteiger partial charge in [0.05, 0.1) is 4.92 Å². The first kappa shape index (κ1) is 12.1. The van der Waals surface area contributed by atoms with Crippen molar-refractivity contribution in [2.75, 3.05) is 0 Å². The fourth-order valence-electron chi connectivity index (χ4n) is 1.68. The van der Waals surface area contributed by atoms with E-state index in [1.807, 2.05) is 13.8 Å². The Morgan fingerprint density at radius 3 is 2.00 bits per heavy atom. The van der Waals surface area contributed by atoms with Crippen molar-refractivity contribution in [2.24, 2.45) is 4.99 Å². The van der Waals surface area contributed by atoms with Crippen LogP contribution in [0.25, 0.3) is 0 Å². The van der Waals surface area contributed by atoms with Crippen LogP contribution in [0.4, 0.5) is 11.4 Å². The zero-order valence-electron chi connectivity index (χ0n) is 9.62. The summed E-state index contributed by atoms with van der Waals surface area (Å²) in [4.78, 5) is 24.2. The van der Waals surface area contributed by atoms with Crippen molar-refractivity contribution in [3.63, 3.8) is 0 Å². The summed E-state index contributed by atoms with van der Waals surface area (Å²) in [5, 5.41) is 10.9. The number of benzene rings is 1. The lowest BCUT2D eigenvalue weighted by atomic mass is 9.96. The monoisotopic (exact) mass is 220 g/mol. The van der Waals surface area contributed by atoms with Crippen LogP contribution < -0.4 is 0 Å². The molecule has 5 heteroatoms. The number of aliphatic imine (C=N–C) groups is 1. The maximum atomic E-state index is 10.9. The van der Waals surface area contributed by atoms with Gasteiger partial charge in [-0.1, -0.05) is 0 Å². The van der Waals surface area contributed by atoms with E-state index in [1.165, 1.54) is 6.08 Å². The predicted molar refractivity (Wildman–Crippen MR) is 59.8 cm³/mol. The molecule has 0 aliphatic carbocycles. The molecule has 16 heavy (non-hydrogen) atoms. The lowest BCUT2D eigenvalue weighted by molar-refractivity contribution is -0.384. The van der Waals surface area contributed by atoms with E-state index in [0.29, 0.717) is 11.1 Å². The molecule has 0 aliphatic rings. The summed E-state index contributed by atoms with van der Waals surface area (Å²) >= 11 is 0. The standard InChI is InChI=1S/C11H12N2O3/c1-6-7(2)9(4)11(13(15)16)10(8(6)3)12-5-14/h1-4H3. The van der Waals surface area contributed by atoms with Crippen LogP contribution in [0.2, 0.25) is 0 Å². The van der Waals surface area contributed by atoms with E-state index in [2.05, 4.69) is 4.99 Å². The fourth-order valence-corrected chi connectivity index (χ4v) is 1.68. The minimum absolute atomic E-state index is 0.107. The number of carbonyl (C=O) groups excluding carboxylic acids is 1. The molecule has 0 saturated carbocycles. The van der Waals surface area contributed by atoms with Crippen LogP contribution >= 0.6 is 0 Å². The Kier molecular flexibility index (Phi) is 3.20. The summed E-state index contributed by atoms with van der Waals surface area (Å²) < 4.78 is 0. The average Bonchev–Trinajstić information content (AvgIpc) is 2.23. The molecule has 5 nitrogen and oxygen atoms in total. The maximum absolute atomic E-state index is 10.9. The van der Waals surface area contributed by atoms with E-state index in [4.69, 9.17) is 0 Å². The number of nitro groups is 1. The van der Waals surface area contributed by atoms with Crippen LogP contribution in [0.15, 0.2) is 4.99 Å². The smallest absolute Gasteiger partial charge is 0.258 e. The van der Waals surface area contributed by atoms with Gasteiger partial charge in [-0.05, 0) is 44.4 Å². The highest BCUT2D eigenvalue weighted by atomic mass is 16.6. The molecule has 0 N–H and O–H groups in total. The third-order valence-electron chi connectivity index (χ3n) is 2.96. The van der Waals surface area contributed by atoms with Crippen LogP contribution in [0.3, 0.4) is 0 Å². The van der Waals surface area contributed by atoms with E-state index >= 15 is 0 Å². The molecule has 0 aromatic heterocycles. The molecule has 0 unspecified atom stereocenters.